The van der Waals surface area contributed by atoms with E-state index in [9.17, 15) is 14.9 Å². The Bertz CT molecular complexity index is 728. The molecule has 3 rings (SSSR count). The Morgan fingerprint density at radius 1 is 1.17 bits per heavy atom. The molecule has 1 N–H and O–H groups in total. The molecule has 1 amide bonds. The van der Waals surface area contributed by atoms with Crippen LogP contribution in [0, 0.1) is 10.1 Å². The molecule has 2 aromatic rings. The van der Waals surface area contributed by atoms with Crippen LogP contribution in [0.15, 0.2) is 48.7 Å². The van der Waals surface area contributed by atoms with Crippen LogP contribution in [0.4, 0.5) is 11.5 Å². The van der Waals surface area contributed by atoms with Crippen LogP contribution in [0.3, 0.4) is 0 Å². The number of amides is 1. The van der Waals surface area contributed by atoms with Gasteiger partial charge in [0.25, 0.3) is 5.91 Å². The highest BCUT2D eigenvalue weighted by Crippen LogP contribution is 2.24. The maximum Gasteiger partial charge on any atom is 0.311 e. The zero-order chi connectivity index (χ0) is 16.9. The van der Waals surface area contributed by atoms with Crippen molar-refractivity contribution in [2.45, 2.75) is 18.9 Å². The lowest BCUT2D eigenvalue weighted by Crippen LogP contribution is -2.42. The Hall–Kier alpha value is -2.96. The van der Waals surface area contributed by atoms with Gasteiger partial charge in [-0.25, -0.2) is 4.98 Å². The first-order chi connectivity index (χ1) is 11.6. The molecule has 1 aromatic heterocycles. The number of hydrogen-bond donors (Lipinski definition) is 1. The zero-order valence-electron chi connectivity index (χ0n) is 13.1. The van der Waals surface area contributed by atoms with Gasteiger partial charge in [0.2, 0.25) is 5.82 Å². The summed E-state index contributed by atoms with van der Waals surface area (Å²) >= 11 is 0. The van der Waals surface area contributed by atoms with E-state index >= 15 is 0 Å². The van der Waals surface area contributed by atoms with Gasteiger partial charge in [0, 0.05) is 37.0 Å². The molecule has 0 saturated carbocycles. The van der Waals surface area contributed by atoms with Crippen molar-refractivity contribution in [3.05, 3.63) is 64.3 Å². The van der Waals surface area contributed by atoms with Crippen molar-refractivity contribution in [2.75, 3.05) is 18.4 Å². The van der Waals surface area contributed by atoms with E-state index in [0.717, 1.165) is 12.8 Å². The number of benzene rings is 1. The van der Waals surface area contributed by atoms with Gasteiger partial charge in [0.15, 0.2) is 0 Å². The smallest absolute Gasteiger partial charge is 0.311 e. The van der Waals surface area contributed by atoms with E-state index < -0.39 is 4.92 Å². The second-order valence-corrected chi connectivity index (χ2v) is 5.71. The number of rotatable bonds is 4. The number of piperidine rings is 1. The lowest BCUT2D eigenvalue weighted by atomic mass is 10.0. The van der Waals surface area contributed by atoms with Crippen LogP contribution in [-0.2, 0) is 0 Å². The van der Waals surface area contributed by atoms with Gasteiger partial charge in [0.1, 0.15) is 0 Å². The van der Waals surface area contributed by atoms with Crippen molar-refractivity contribution in [3.8, 4) is 0 Å². The Balaban J connectivity index is 1.60. The molecule has 0 atom stereocenters. The van der Waals surface area contributed by atoms with Gasteiger partial charge in [-0.05, 0) is 31.0 Å². The SMILES string of the molecule is O=C(c1ccccc1)N1CCC(Nc2ncccc2[N+](=O)[O-])CC1. The zero-order valence-corrected chi connectivity index (χ0v) is 13.1. The minimum Gasteiger partial charge on any atom is -0.361 e. The normalized spacial score (nSPS) is 15.1. The predicted molar refractivity (Wildman–Crippen MR) is 89.9 cm³/mol. The van der Waals surface area contributed by atoms with Crippen LogP contribution in [0.2, 0.25) is 0 Å². The monoisotopic (exact) mass is 326 g/mol. The van der Waals surface area contributed by atoms with Gasteiger partial charge in [-0.3, -0.25) is 14.9 Å². The third kappa shape index (κ3) is 3.51. The van der Waals surface area contributed by atoms with Crippen molar-refractivity contribution in [2.24, 2.45) is 0 Å². The van der Waals surface area contributed by atoms with E-state index in [1.807, 2.05) is 35.2 Å². The van der Waals surface area contributed by atoms with Gasteiger partial charge in [-0.1, -0.05) is 18.2 Å². The van der Waals surface area contributed by atoms with E-state index in [1.54, 1.807) is 6.07 Å². The fraction of sp³-hybridized carbons (Fsp3) is 0.294. The molecule has 1 aliphatic heterocycles. The van der Waals surface area contributed by atoms with Crippen molar-refractivity contribution < 1.29 is 9.72 Å². The number of hydrogen-bond acceptors (Lipinski definition) is 5. The summed E-state index contributed by atoms with van der Waals surface area (Å²) in [6.07, 6.45) is 2.99. The maximum absolute atomic E-state index is 12.4. The molecular formula is C17H18N4O3. The molecule has 1 fully saturated rings. The highest BCUT2D eigenvalue weighted by atomic mass is 16.6. The summed E-state index contributed by atoms with van der Waals surface area (Å²) in [5.41, 5.74) is 0.657. The second-order valence-electron chi connectivity index (χ2n) is 5.71. The van der Waals surface area contributed by atoms with E-state index in [-0.39, 0.29) is 23.5 Å². The largest absolute Gasteiger partial charge is 0.361 e. The first-order valence-electron chi connectivity index (χ1n) is 7.85. The summed E-state index contributed by atoms with van der Waals surface area (Å²) in [6.45, 7) is 1.23. The first kappa shape index (κ1) is 15.9. The summed E-state index contributed by atoms with van der Waals surface area (Å²) in [4.78, 5) is 28.9. The Morgan fingerprint density at radius 3 is 2.54 bits per heavy atom. The summed E-state index contributed by atoms with van der Waals surface area (Å²) in [6, 6.07) is 12.2. The molecule has 2 heterocycles. The van der Waals surface area contributed by atoms with Crippen LogP contribution >= 0.6 is 0 Å². The van der Waals surface area contributed by atoms with E-state index in [2.05, 4.69) is 10.3 Å². The molecule has 1 aliphatic rings. The van der Waals surface area contributed by atoms with Crippen LogP contribution in [0.5, 0.6) is 0 Å². The molecule has 0 bridgehead atoms. The standard InChI is InChI=1S/C17H18N4O3/c22-17(13-5-2-1-3-6-13)20-11-8-14(9-12-20)19-16-15(21(23)24)7-4-10-18-16/h1-7,10,14H,8-9,11-12H2,(H,18,19). The first-order valence-corrected chi connectivity index (χ1v) is 7.85. The van der Waals surface area contributed by atoms with Crippen molar-refractivity contribution >= 4 is 17.4 Å². The summed E-state index contributed by atoms with van der Waals surface area (Å²) in [5, 5.41) is 14.2. The number of pyridine rings is 1. The molecule has 0 spiro atoms. The Labute approximate surface area is 139 Å². The minimum absolute atomic E-state index is 0.0258. The van der Waals surface area contributed by atoms with Gasteiger partial charge in [0.05, 0.1) is 4.92 Å². The fourth-order valence-corrected chi connectivity index (χ4v) is 2.84. The van der Waals surface area contributed by atoms with Crippen LogP contribution < -0.4 is 5.32 Å². The Kier molecular flexibility index (Phi) is 4.69. The molecular weight excluding hydrogens is 308 g/mol. The predicted octanol–water partition coefficient (Wildman–Crippen LogP) is 2.71. The Morgan fingerprint density at radius 2 is 1.88 bits per heavy atom. The molecule has 24 heavy (non-hydrogen) atoms. The van der Waals surface area contributed by atoms with Crippen LogP contribution in [0.1, 0.15) is 23.2 Å². The van der Waals surface area contributed by atoms with Crippen molar-refractivity contribution in [1.29, 1.82) is 0 Å². The second kappa shape index (κ2) is 7.08. The maximum atomic E-state index is 12.4. The van der Waals surface area contributed by atoms with E-state index in [0.29, 0.717) is 18.7 Å². The third-order valence-corrected chi connectivity index (χ3v) is 4.13. The number of anilines is 1. The van der Waals surface area contributed by atoms with Gasteiger partial charge >= 0.3 is 5.69 Å². The summed E-state index contributed by atoms with van der Waals surface area (Å²) < 4.78 is 0. The number of likely N-dealkylation sites (tertiary alicyclic amines) is 1. The lowest BCUT2D eigenvalue weighted by Gasteiger charge is -2.32. The fourth-order valence-electron chi connectivity index (χ4n) is 2.84. The number of nitro groups is 1. The van der Waals surface area contributed by atoms with Crippen molar-refractivity contribution in [3.63, 3.8) is 0 Å². The summed E-state index contributed by atoms with van der Waals surface area (Å²) in [5.74, 6) is 0.313. The summed E-state index contributed by atoms with van der Waals surface area (Å²) in [7, 11) is 0. The number of carbonyl (C=O) groups excluding carboxylic acids is 1. The quantitative estimate of drug-likeness (QED) is 0.689. The van der Waals surface area contributed by atoms with Gasteiger partial charge in [-0.15, -0.1) is 0 Å². The average Bonchev–Trinajstić information content (AvgIpc) is 2.63. The minimum atomic E-state index is -0.441. The number of nitrogens with one attached hydrogen (secondary N) is 1. The molecule has 1 saturated heterocycles. The third-order valence-electron chi connectivity index (χ3n) is 4.13. The van der Waals surface area contributed by atoms with Crippen LogP contribution in [0.25, 0.3) is 0 Å². The van der Waals surface area contributed by atoms with Gasteiger partial charge < -0.3 is 10.2 Å². The van der Waals surface area contributed by atoms with Crippen LogP contribution in [-0.4, -0.2) is 39.8 Å². The molecule has 0 radical (unpaired) electrons. The van der Waals surface area contributed by atoms with E-state index in [1.165, 1.54) is 12.3 Å². The highest BCUT2D eigenvalue weighted by molar-refractivity contribution is 5.94. The molecule has 1 aromatic carbocycles. The van der Waals surface area contributed by atoms with Gasteiger partial charge in [-0.2, -0.15) is 0 Å². The van der Waals surface area contributed by atoms with Crippen molar-refractivity contribution in [1.82, 2.24) is 9.88 Å². The molecule has 7 nitrogen and oxygen atoms in total. The molecule has 7 heteroatoms. The average molecular weight is 326 g/mol. The number of carbonyl (C=O) groups is 1. The molecule has 124 valence electrons. The lowest BCUT2D eigenvalue weighted by molar-refractivity contribution is -0.384. The number of aromatic nitrogens is 1. The molecule has 0 unspecified atom stereocenters. The topological polar surface area (TPSA) is 88.4 Å². The number of nitrogens with zero attached hydrogens (tertiary/aromatic N) is 3. The van der Waals surface area contributed by atoms with E-state index in [4.69, 9.17) is 0 Å². The highest BCUT2D eigenvalue weighted by Gasteiger charge is 2.25. The molecule has 0 aliphatic carbocycles.